The molecular formula is C25H22N2O3S. The van der Waals surface area contributed by atoms with Crippen molar-refractivity contribution in [1.82, 2.24) is 4.90 Å². The highest BCUT2D eigenvalue weighted by Gasteiger charge is 2.60. The molecule has 2 aliphatic heterocycles. The second-order valence-electron chi connectivity index (χ2n) is 7.65. The number of thioether (sulfide) groups is 1. The van der Waals surface area contributed by atoms with Crippen molar-refractivity contribution >= 4 is 23.6 Å². The zero-order valence-corrected chi connectivity index (χ0v) is 17.9. The second-order valence-corrected chi connectivity index (χ2v) is 9.31. The van der Waals surface area contributed by atoms with Crippen LogP contribution in [0.3, 0.4) is 0 Å². The fourth-order valence-electron chi connectivity index (χ4n) is 4.03. The van der Waals surface area contributed by atoms with Crippen LogP contribution in [0, 0.1) is 11.3 Å². The van der Waals surface area contributed by atoms with Crippen molar-refractivity contribution in [2.75, 3.05) is 0 Å². The molecule has 0 unspecified atom stereocenters. The van der Waals surface area contributed by atoms with Crippen molar-refractivity contribution in [3.8, 4) is 6.07 Å². The third kappa shape index (κ3) is 4.14. The molecule has 0 spiro atoms. The molecule has 2 aliphatic rings. The maximum atomic E-state index is 13.5. The summed E-state index contributed by atoms with van der Waals surface area (Å²) in [5, 5.41) is 8.67. The Bertz CT molecular complexity index is 1020. The van der Waals surface area contributed by atoms with E-state index in [-0.39, 0.29) is 11.3 Å². The Balaban J connectivity index is 1.65. The Morgan fingerprint density at radius 1 is 1.16 bits per heavy atom. The minimum Gasteiger partial charge on any atom is -0.451 e. The third-order valence-corrected chi connectivity index (χ3v) is 7.06. The van der Waals surface area contributed by atoms with Crippen LogP contribution in [0.1, 0.15) is 30.6 Å². The van der Waals surface area contributed by atoms with Crippen LogP contribution in [0.15, 0.2) is 85.0 Å². The number of rotatable bonds is 6. The van der Waals surface area contributed by atoms with Gasteiger partial charge in [-0.05, 0) is 18.1 Å². The Labute approximate surface area is 186 Å². The van der Waals surface area contributed by atoms with Crippen molar-refractivity contribution < 1.29 is 14.3 Å². The monoisotopic (exact) mass is 430 g/mol. The summed E-state index contributed by atoms with van der Waals surface area (Å²) in [6.07, 6.45) is 6.48. The van der Waals surface area contributed by atoms with Gasteiger partial charge in [0.1, 0.15) is 6.04 Å². The summed E-state index contributed by atoms with van der Waals surface area (Å²) in [5.41, 5.74) is 1.74. The number of carbonyl (C=O) groups excluding carboxylic acids is 2. The molecule has 0 aromatic heterocycles. The number of β-lactam (4-membered cyclic amide) rings is 1. The standard InChI is InChI=1S/C25H22N2O3S/c1-25(15-9-4-10-16-26)23(27-20(28)17-21(27)31-25)24(29)30-22(18-11-5-2-6-12-18)19-13-7-3-8-14-19/h2-15,21-23H,17H2,1H3/b10-4-,15-9+/t21-,23+,25+/m1/s1. The van der Waals surface area contributed by atoms with Crippen molar-refractivity contribution in [2.24, 2.45) is 0 Å². The Kier molecular flexibility index (Phi) is 5.97. The number of benzene rings is 2. The molecule has 0 saturated carbocycles. The number of amides is 1. The van der Waals surface area contributed by atoms with E-state index in [1.165, 1.54) is 6.08 Å². The Morgan fingerprint density at radius 2 is 1.77 bits per heavy atom. The van der Waals surface area contributed by atoms with Crippen LogP contribution in [-0.2, 0) is 14.3 Å². The van der Waals surface area contributed by atoms with Crippen LogP contribution in [0.4, 0.5) is 0 Å². The van der Waals surface area contributed by atoms with E-state index in [9.17, 15) is 9.59 Å². The van der Waals surface area contributed by atoms with E-state index in [1.807, 2.05) is 79.7 Å². The first kappa shape index (κ1) is 21.0. The van der Waals surface area contributed by atoms with Crippen LogP contribution in [0.25, 0.3) is 0 Å². The SMILES string of the molecule is C[C@@]1(/C=C/C=C\C#N)S[C@@H]2CC(=O)N2[C@H]1C(=O)OC(c1ccccc1)c1ccccc1. The first-order valence-electron chi connectivity index (χ1n) is 10.1. The normalized spacial score (nSPS) is 24.9. The number of esters is 1. The highest BCUT2D eigenvalue weighted by molar-refractivity contribution is 8.01. The summed E-state index contributed by atoms with van der Waals surface area (Å²) in [6.45, 7) is 1.94. The van der Waals surface area contributed by atoms with Crippen LogP contribution < -0.4 is 0 Å². The number of ether oxygens (including phenoxy) is 1. The van der Waals surface area contributed by atoms with Gasteiger partial charge in [0.2, 0.25) is 5.91 Å². The lowest BCUT2D eigenvalue weighted by atomic mass is 9.95. The summed E-state index contributed by atoms with van der Waals surface area (Å²) in [4.78, 5) is 27.5. The highest BCUT2D eigenvalue weighted by Crippen LogP contribution is 2.52. The van der Waals surface area contributed by atoms with E-state index in [1.54, 1.807) is 28.8 Å². The van der Waals surface area contributed by atoms with Crippen LogP contribution >= 0.6 is 11.8 Å². The largest absolute Gasteiger partial charge is 0.451 e. The number of hydrogen-bond acceptors (Lipinski definition) is 5. The number of nitriles is 1. The van der Waals surface area contributed by atoms with Gasteiger partial charge in [-0.2, -0.15) is 5.26 Å². The molecule has 0 aliphatic carbocycles. The average Bonchev–Trinajstić information content (AvgIpc) is 3.03. The molecule has 2 aromatic carbocycles. The molecule has 2 heterocycles. The molecule has 5 nitrogen and oxygen atoms in total. The molecule has 3 atom stereocenters. The lowest BCUT2D eigenvalue weighted by molar-refractivity contribution is -0.163. The quantitative estimate of drug-likeness (QED) is 0.294. The van der Waals surface area contributed by atoms with Crippen molar-refractivity contribution in [3.63, 3.8) is 0 Å². The highest BCUT2D eigenvalue weighted by atomic mass is 32.2. The van der Waals surface area contributed by atoms with Gasteiger partial charge in [-0.25, -0.2) is 4.79 Å². The van der Waals surface area contributed by atoms with E-state index in [4.69, 9.17) is 10.00 Å². The van der Waals surface area contributed by atoms with Gasteiger partial charge >= 0.3 is 5.97 Å². The summed E-state index contributed by atoms with van der Waals surface area (Å²) in [7, 11) is 0. The molecule has 156 valence electrons. The number of fused-ring (bicyclic) bond motifs is 1. The van der Waals surface area contributed by atoms with Gasteiger partial charge in [0.25, 0.3) is 0 Å². The number of hydrogen-bond donors (Lipinski definition) is 0. The average molecular weight is 431 g/mol. The van der Waals surface area contributed by atoms with E-state index < -0.39 is 22.9 Å². The van der Waals surface area contributed by atoms with E-state index >= 15 is 0 Å². The fraction of sp³-hybridized carbons (Fsp3) is 0.240. The van der Waals surface area contributed by atoms with Crippen molar-refractivity contribution in [1.29, 1.82) is 5.26 Å². The zero-order chi connectivity index (χ0) is 21.8. The molecule has 1 amide bonds. The second kappa shape index (κ2) is 8.83. The molecule has 0 N–H and O–H groups in total. The molecule has 4 rings (SSSR count). The first-order valence-corrected chi connectivity index (χ1v) is 10.9. The smallest absolute Gasteiger partial charge is 0.331 e. The molecule has 6 heteroatoms. The number of allylic oxidation sites excluding steroid dienone is 3. The fourth-order valence-corrected chi connectivity index (χ4v) is 5.69. The van der Waals surface area contributed by atoms with Crippen LogP contribution in [-0.4, -0.2) is 32.9 Å². The molecule has 2 saturated heterocycles. The van der Waals surface area contributed by atoms with Gasteiger partial charge in [0.05, 0.1) is 22.6 Å². The Morgan fingerprint density at radius 3 is 2.32 bits per heavy atom. The van der Waals surface area contributed by atoms with Gasteiger partial charge in [-0.3, -0.25) is 4.79 Å². The maximum Gasteiger partial charge on any atom is 0.331 e. The van der Waals surface area contributed by atoms with E-state index in [0.717, 1.165) is 11.1 Å². The van der Waals surface area contributed by atoms with E-state index in [0.29, 0.717) is 6.42 Å². The molecular weight excluding hydrogens is 408 g/mol. The van der Waals surface area contributed by atoms with Gasteiger partial charge in [0, 0.05) is 6.08 Å². The zero-order valence-electron chi connectivity index (χ0n) is 17.0. The van der Waals surface area contributed by atoms with Crippen molar-refractivity contribution in [3.05, 3.63) is 96.1 Å². The number of nitrogens with zero attached hydrogens (tertiary/aromatic N) is 2. The summed E-state index contributed by atoms with van der Waals surface area (Å²) in [6, 6.07) is 20.4. The van der Waals surface area contributed by atoms with Crippen molar-refractivity contribution in [2.45, 2.75) is 35.6 Å². The topological polar surface area (TPSA) is 70.4 Å². The molecule has 0 radical (unpaired) electrons. The van der Waals surface area contributed by atoms with Crippen LogP contribution in [0.5, 0.6) is 0 Å². The lowest BCUT2D eigenvalue weighted by Crippen LogP contribution is -2.57. The predicted molar refractivity (Wildman–Crippen MR) is 120 cm³/mol. The molecule has 2 fully saturated rings. The van der Waals surface area contributed by atoms with Gasteiger partial charge in [0.15, 0.2) is 6.10 Å². The van der Waals surface area contributed by atoms with Crippen LogP contribution in [0.2, 0.25) is 0 Å². The molecule has 0 bridgehead atoms. The number of carbonyl (C=O) groups is 2. The lowest BCUT2D eigenvalue weighted by Gasteiger charge is -2.38. The van der Waals surface area contributed by atoms with Gasteiger partial charge < -0.3 is 9.64 Å². The summed E-state index contributed by atoms with van der Waals surface area (Å²) >= 11 is 1.58. The van der Waals surface area contributed by atoms with Gasteiger partial charge in [-0.15, -0.1) is 11.8 Å². The molecule has 2 aromatic rings. The summed E-state index contributed by atoms with van der Waals surface area (Å²) < 4.78 is 5.43. The predicted octanol–water partition coefficient (Wildman–Crippen LogP) is 4.39. The minimum atomic E-state index is -0.731. The third-order valence-electron chi connectivity index (χ3n) is 5.53. The minimum absolute atomic E-state index is 0.0356. The van der Waals surface area contributed by atoms with E-state index in [2.05, 4.69) is 0 Å². The molecule has 31 heavy (non-hydrogen) atoms. The maximum absolute atomic E-state index is 13.5. The first-order chi connectivity index (χ1) is 15.0. The Hall–Kier alpha value is -3.30. The summed E-state index contributed by atoms with van der Waals surface area (Å²) in [5.74, 6) is -0.475. The van der Waals surface area contributed by atoms with Gasteiger partial charge in [-0.1, -0.05) is 78.9 Å².